The Bertz CT molecular complexity index is 1030. The Morgan fingerprint density at radius 2 is 1.81 bits per heavy atom. The Morgan fingerprint density at radius 1 is 1.10 bits per heavy atom. The number of nitrogens with zero attached hydrogens (tertiary/aromatic N) is 2. The minimum absolute atomic E-state index is 0.00924. The largest absolute Gasteiger partial charge is 0.483 e. The number of aromatic nitrogens is 2. The van der Waals surface area contributed by atoms with Gasteiger partial charge in [0, 0.05) is 34.9 Å². The van der Waals surface area contributed by atoms with Crippen LogP contribution in [-0.4, -0.2) is 33.8 Å². The number of carbonyl (C=O) groups is 1. The van der Waals surface area contributed by atoms with Crippen LogP contribution in [0.25, 0.3) is 0 Å². The van der Waals surface area contributed by atoms with Gasteiger partial charge in [0.05, 0.1) is 16.8 Å². The van der Waals surface area contributed by atoms with Crippen molar-refractivity contribution in [2.24, 2.45) is 0 Å². The molecule has 1 N–H and O–H groups in total. The van der Waals surface area contributed by atoms with Gasteiger partial charge in [-0.1, -0.05) is 48.5 Å². The van der Waals surface area contributed by atoms with Gasteiger partial charge in [0.1, 0.15) is 5.75 Å². The van der Waals surface area contributed by atoms with E-state index >= 15 is 0 Å². The minimum Gasteiger partial charge on any atom is -0.483 e. The normalized spacial score (nSPS) is 14.0. The smallest absolute Gasteiger partial charge is 0.258 e. The first kappa shape index (κ1) is 21.8. The Hall–Kier alpha value is -2.38. The summed E-state index contributed by atoms with van der Waals surface area (Å²) in [7, 11) is 0. The highest BCUT2D eigenvalue weighted by atomic mass is 32.2. The van der Waals surface area contributed by atoms with E-state index in [2.05, 4.69) is 28.6 Å². The van der Waals surface area contributed by atoms with Crippen molar-refractivity contribution in [2.45, 2.75) is 31.5 Å². The number of thioether (sulfide) groups is 2. The van der Waals surface area contributed by atoms with Crippen molar-refractivity contribution in [3.05, 3.63) is 82.7 Å². The molecule has 1 fully saturated rings. The quantitative estimate of drug-likeness (QED) is 0.535. The molecule has 1 aromatic heterocycles. The molecule has 0 radical (unpaired) electrons. The summed E-state index contributed by atoms with van der Waals surface area (Å²) in [5, 5.41) is 7.65. The molecule has 0 unspecified atom stereocenters. The molecule has 1 amide bonds. The van der Waals surface area contributed by atoms with Gasteiger partial charge in [-0.15, -0.1) is 23.5 Å². The van der Waals surface area contributed by atoms with Crippen molar-refractivity contribution in [3.63, 3.8) is 0 Å². The molecule has 162 valence electrons. The van der Waals surface area contributed by atoms with Crippen molar-refractivity contribution >= 4 is 29.4 Å². The molecule has 2 aromatic carbocycles. The maximum atomic E-state index is 12.5. The van der Waals surface area contributed by atoms with Gasteiger partial charge in [0.25, 0.3) is 5.91 Å². The van der Waals surface area contributed by atoms with E-state index in [0.717, 1.165) is 46.3 Å². The molecule has 0 aliphatic carbocycles. The van der Waals surface area contributed by atoms with Crippen LogP contribution in [0.15, 0.2) is 54.6 Å². The lowest BCUT2D eigenvalue weighted by Gasteiger charge is -2.15. The first-order valence-corrected chi connectivity index (χ1v) is 12.5. The van der Waals surface area contributed by atoms with Crippen LogP contribution in [0.2, 0.25) is 0 Å². The lowest BCUT2D eigenvalue weighted by molar-refractivity contribution is -0.123. The number of hydrogen-bond donors (Lipinski definition) is 1. The molecule has 4 rings (SSSR count). The topological polar surface area (TPSA) is 56.2 Å². The summed E-state index contributed by atoms with van der Waals surface area (Å²) in [5.74, 6) is 2.98. The number of rotatable bonds is 8. The standard InChI is InChI=1S/C24H27N3O2S2/c1-17-21(18(2)27(26-17)15-19-8-4-3-5-9-19)14-25-23(28)16-29-22-11-7-6-10-20(22)24-30-12-13-31-24/h3-11,24H,12-16H2,1-2H3,(H,25,28). The molecule has 2 heterocycles. The zero-order valence-corrected chi connectivity index (χ0v) is 19.5. The Balaban J connectivity index is 1.33. The predicted molar refractivity (Wildman–Crippen MR) is 129 cm³/mol. The Morgan fingerprint density at radius 3 is 2.58 bits per heavy atom. The van der Waals surface area contributed by atoms with Crippen molar-refractivity contribution in [3.8, 4) is 5.75 Å². The van der Waals surface area contributed by atoms with Crippen LogP contribution in [0.4, 0.5) is 0 Å². The minimum atomic E-state index is -0.129. The predicted octanol–water partition coefficient (Wildman–Crippen LogP) is 4.72. The molecule has 31 heavy (non-hydrogen) atoms. The van der Waals surface area contributed by atoms with Crippen LogP contribution in [0.1, 0.15) is 32.7 Å². The van der Waals surface area contributed by atoms with Crippen LogP contribution in [-0.2, 0) is 17.9 Å². The zero-order chi connectivity index (χ0) is 21.6. The number of carbonyl (C=O) groups excluding carboxylic acids is 1. The van der Waals surface area contributed by atoms with Crippen LogP contribution >= 0.6 is 23.5 Å². The number of ether oxygens (including phenoxy) is 1. The van der Waals surface area contributed by atoms with Crippen LogP contribution < -0.4 is 10.1 Å². The molecule has 3 aromatic rings. The van der Waals surface area contributed by atoms with E-state index in [1.54, 1.807) is 0 Å². The lowest BCUT2D eigenvalue weighted by atomic mass is 10.2. The average Bonchev–Trinajstić information content (AvgIpc) is 3.41. The number of nitrogens with one attached hydrogen (secondary N) is 1. The van der Waals surface area contributed by atoms with E-state index in [-0.39, 0.29) is 12.5 Å². The third-order valence-electron chi connectivity index (χ3n) is 5.32. The molecule has 1 saturated heterocycles. The van der Waals surface area contributed by atoms with Gasteiger partial charge >= 0.3 is 0 Å². The second-order valence-corrected chi connectivity index (χ2v) is 10.2. The van der Waals surface area contributed by atoms with Crippen molar-refractivity contribution in [1.82, 2.24) is 15.1 Å². The van der Waals surface area contributed by atoms with Crippen LogP contribution in [0.5, 0.6) is 5.75 Å². The fraction of sp³-hybridized carbons (Fsp3) is 0.333. The number of para-hydroxylation sites is 1. The molecule has 0 saturated carbocycles. The monoisotopic (exact) mass is 453 g/mol. The van der Waals surface area contributed by atoms with Gasteiger partial charge in [-0.25, -0.2) is 0 Å². The molecular formula is C24H27N3O2S2. The summed E-state index contributed by atoms with van der Waals surface area (Å²) in [4.78, 5) is 12.5. The van der Waals surface area contributed by atoms with E-state index in [9.17, 15) is 4.79 Å². The highest BCUT2D eigenvalue weighted by Crippen LogP contribution is 2.48. The SMILES string of the molecule is Cc1nn(Cc2ccccc2)c(C)c1CNC(=O)COc1ccccc1C1SCCS1. The number of benzene rings is 2. The molecule has 5 nitrogen and oxygen atoms in total. The third kappa shape index (κ3) is 5.46. The number of hydrogen-bond acceptors (Lipinski definition) is 5. The maximum Gasteiger partial charge on any atom is 0.258 e. The van der Waals surface area contributed by atoms with Gasteiger partial charge in [0.15, 0.2) is 6.61 Å². The average molecular weight is 454 g/mol. The summed E-state index contributed by atoms with van der Waals surface area (Å²) >= 11 is 3.86. The highest BCUT2D eigenvalue weighted by Gasteiger charge is 2.22. The van der Waals surface area contributed by atoms with E-state index in [0.29, 0.717) is 11.1 Å². The van der Waals surface area contributed by atoms with Crippen molar-refractivity contribution in [1.29, 1.82) is 0 Å². The summed E-state index contributed by atoms with van der Waals surface area (Å²) in [6.45, 7) is 5.21. The lowest BCUT2D eigenvalue weighted by Crippen LogP contribution is -2.29. The van der Waals surface area contributed by atoms with Gasteiger partial charge in [-0.2, -0.15) is 5.10 Å². The van der Waals surface area contributed by atoms with E-state index in [1.165, 1.54) is 5.56 Å². The molecule has 0 spiro atoms. The fourth-order valence-electron chi connectivity index (χ4n) is 3.63. The fourth-order valence-corrected chi connectivity index (χ4v) is 6.53. The number of aryl methyl sites for hydroxylation is 1. The summed E-state index contributed by atoms with van der Waals surface area (Å²) in [6, 6.07) is 18.3. The first-order valence-electron chi connectivity index (χ1n) is 10.4. The Kier molecular flexibility index (Phi) is 7.25. The molecule has 1 aliphatic rings. The Labute approximate surface area is 192 Å². The molecule has 1 aliphatic heterocycles. The van der Waals surface area contributed by atoms with Gasteiger partial charge in [-0.3, -0.25) is 9.48 Å². The van der Waals surface area contributed by atoms with Crippen molar-refractivity contribution in [2.75, 3.05) is 18.1 Å². The zero-order valence-electron chi connectivity index (χ0n) is 17.8. The van der Waals surface area contributed by atoms with Crippen LogP contribution in [0.3, 0.4) is 0 Å². The summed E-state index contributed by atoms with van der Waals surface area (Å²) in [5.41, 5.74) is 5.44. The number of amides is 1. The molecule has 0 atom stereocenters. The van der Waals surface area contributed by atoms with Gasteiger partial charge in [-0.05, 0) is 25.5 Å². The van der Waals surface area contributed by atoms with E-state index in [1.807, 2.05) is 78.5 Å². The molecule has 7 heteroatoms. The second kappa shape index (κ2) is 10.3. The second-order valence-electron chi connectivity index (χ2n) is 7.47. The third-order valence-corrected chi connectivity index (χ3v) is 8.39. The van der Waals surface area contributed by atoms with Crippen LogP contribution in [0, 0.1) is 13.8 Å². The highest BCUT2D eigenvalue weighted by molar-refractivity contribution is 8.19. The van der Waals surface area contributed by atoms with Gasteiger partial charge in [0.2, 0.25) is 0 Å². The summed E-state index contributed by atoms with van der Waals surface area (Å²) < 4.78 is 8.27. The first-order chi connectivity index (χ1) is 15.1. The van der Waals surface area contributed by atoms with E-state index < -0.39 is 0 Å². The molecular weight excluding hydrogens is 426 g/mol. The maximum absolute atomic E-state index is 12.5. The molecule has 0 bridgehead atoms. The van der Waals surface area contributed by atoms with Gasteiger partial charge < -0.3 is 10.1 Å². The van der Waals surface area contributed by atoms with Crippen molar-refractivity contribution < 1.29 is 9.53 Å². The summed E-state index contributed by atoms with van der Waals surface area (Å²) in [6.07, 6.45) is 0. The van der Waals surface area contributed by atoms with E-state index in [4.69, 9.17) is 4.74 Å².